The van der Waals surface area contributed by atoms with Crippen LogP contribution in [0.5, 0.6) is 0 Å². The van der Waals surface area contributed by atoms with Crippen LogP contribution in [-0.2, 0) is 11.0 Å². The van der Waals surface area contributed by atoms with Crippen LogP contribution in [0, 0.1) is 10.1 Å². The van der Waals surface area contributed by atoms with Gasteiger partial charge in [-0.3, -0.25) is 4.79 Å². The topological polar surface area (TPSA) is 69.4 Å². The Hall–Kier alpha value is -2.12. The molecule has 0 aromatic heterocycles. The molecule has 0 aliphatic carbocycles. The van der Waals surface area contributed by atoms with Crippen LogP contribution in [0.25, 0.3) is 0 Å². The lowest BCUT2D eigenvalue weighted by molar-refractivity contribution is -0.727. The number of rotatable bonds is 2. The van der Waals surface area contributed by atoms with Crippen LogP contribution in [0.3, 0.4) is 0 Å². The molecule has 0 atom stereocenters. The Morgan fingerprint density at radius 2 is 1.88 bits per heavy atom. The zero-order chi connectivity index (χ0) is 12.3. The van der Waals surface area contributed by atoms with Gasteiger partial charge in [-0.25, -0.2) is 4.84 Å². The second-order valence-corrected chi connectivity index (χ2v) is 2.65. The van der Waals surface area contributed by atoms with Crippen molar-refractivity contribution < 1.29 is 27.9 Å². The molecule has 0 N–H and O–H groups in total. The number of benzene rings is 1. The van der Waals surface area contributed by atoms with E-state index < -0.39 is 28.4 Å². The lowest BCUT2D eigenvalue weighted by Gasteiger charge is -2.10. The van der Waals surface area contributed by atoms with Crippen molar-refractivity contribution >= 4 is 5.97 Å². The molecule has 16 heavy (non-hydrogen) atoms. The Labute approximate surface area is 86.5 Å². The third-order valence-corrected chi connectivity index (χ3v) is 1.61. The van der Waals surface area contributed by atoms with Crippen LogP contribution >= 0.6 is 0 Å². The average molecular weight is 235 g/mol. The summed E-state index contributed by atoms with van der Waals surface area (Å²) >= 11 is 0. The zero-order valence-electron chi connectivity index (χ0n) is 7.52. The fourth-order valence-electron chi connectivity index (χ4n) is 1.03. The highest BCUT2D eigenvalue weighted by molar-refractivity contribution is 5.90. The van der Waals surface area contributed by atoms with Gasteiger partial charge in [-0.2, -0.15) is 13.2 Å². The highest BCUT2D eigenvalue weighted by Crippen LogP contribution is 2.32. The van der Waals surface area contributed by atoms with Crippen molar-refractivity contribution in [1.82, 2.24) is 0 Å². The van der Waals surface area contributed by atoms with Gasteiger partial charge in [0.2, 0.25) is 0 Å². The van der Waals surface area contributed by atoms with E-state index in [4.69, 9.17) is 0 Å². The van der Waals surface area contributed by atoms with Gasteiger partial charge in [0, 0.05) is 0 Å². The SMILES string of the molecule is O=C(O[N+](=O)[O-])c1ccccc1C(F)(F)F. The number of hydrogen-bond acceptors (Lipinski definition) is 4. The summed E-state index contributed by atoms with van der Waals surface area (Å²) in [5.74, 6) is -1.65. The van der Waals surface area contributed by atoms with E-state index in [0.717, 1.165) is 18.2 Å². The Balaban J connectivity index is 3.14. The first kappa shape index (κ1) is 12.0. The molecule has 0 aliphatic heterocycles. The number of halogens is 3. The molecule has 1 aromatic carbocycles. The summed E-state index contributed by atoms with van der Waals surface area (Å²) in [4.78, 5) is 24.2. The van der Waals surface area contributed by atoms with E-state index >= 15 is 0 Å². The Kier molecular flexibility index (Phi) is 3.11. The van der Waals surface area contributed by atoms with E-state index in [9.17, 15) is 28.1 Å². The number of hydrogen-bond donors (Lipinski definition) is 0. The molecule has 0 aliphatic rings. The highest BCUT2D eigenvalue weighted by Gasteiger charge is 2.35. The van der Waals surface area contributed by atoms with Crippen LogP contribution in [0.1, 0.15) is 15.9 Å². The minimum Gasteiger partial charge on any atom is -0.263 e. The third kappa shape index (κ3) is 2.69. The molecule has 0 fully saturated rings. The summed E-state index contributed by atoms with van der Waals surface area (Å²) < 4.78 is 37.1. The molecule has 8 heteroatoms. The van der Waals surface area contributed by atoms with E-state index in [1.807, 2.05) is 0 Å². The van der Waals surface area contributed by atoms with Gasteiger partial charge in [-0.15, -0.1) is 10.1 Å². The van der Waals surface area contributed by atoms with Crippen LogP contribution in [0.2, 0.25) is 0 Å². The predicted octanol–water partition coefficient (Wildman–Crippen LogP) is 2.05. The van der Waals surface area contributed by atoms with Gasteiger partial charge in [-0.1, -0.05) is 12.1 Å². The second-order valence-electron chi connectivity index (χ2n) is 2.65. The summed E-state index contributed by atoms with van der Waals surface area (Å²) in [7, 11) is 0. The molecule has 1 rings (SSSR count). The van der Waals surface area contributed by atoms with Gasteiger partial charge in [0.1, 0.15) is 0 Å². The Morgan fingerprint density at radius 3 is 2.38 bits per heavy atom. The monoisotopic (exact) mass is 235 g/mol. The van der Waals surface area contributed by atoms with Crippen molar-refractivity contribution in [2.45, 2.75) is 6.18 Å². The standard InChI is InChI=1S/C8H4F3NO4/c9-8(10,11)6-4-2-1-3-5(6)7(13)16-12(14)15/h1-4H. The number of alkyl halides is 3. The van der Waals surface area contributed by atoms with E-state index in [1.54, 1.807) is 0 Å². The molecule has 1 aromatic rings. The Bertz CT molecular complexity index is 430. The number of nitrogens with zero attached hydrogens (tertiary/aromatic N) is 1. The summed E-state index contributed by atoms with van der Waals surface area (Å²) in [5, 5.41) is 8.36. The Morgan fingerprint density at radius 1 is 1.31 bits per heavy atom. The normalized spacial score (nSPS) is 10.9. The minimum absolute atomic E-state index is 0.635. The molecule has 0 radical (unpaired) electrons. The summed E-state index contributed by atoms with van der Waals surface area (Å²) in [5.41, 5.74) is -2.17. The van der Waals surface area contributed by atoms with E-state index in [0.29, 0.717) is 6.07 Å². The first-order valence-corrected chi connectivity index (χ1v) is 3.85. The van der Waals surface area contributed by atoms with Crippen molar-refractivity contribution in [3.63, 3.8) is 0 Å². The van der Waals surface area contributed by atoms with Gasteiger partial charge < -0.3 is 0 Å². The molecule has 5 nitrogen and oxygen atoms in total. The van der Waals surface area contributed by atoms with Crippen LogP contribution < -0.4 is 0 Å². The maximum Gasteiger partial charge on any atom is 0.417 e. The summed E-state index contributed by atoms with van der Waals surface area (Å²) in [6.45, 7) is 0. The molecule has 0 heterocycles. The van der Waals surface area contributed by atoms with Crippen LogP contribution in [0.15, 0.2) is 24.3 Å². The van der Waals surface area contributed by atoms with Gasteiger partial charge >= 0.3 is 17.2 Å². The fraction of sp³-hybridized carbons (Fsp3) is 0.125. The van der Waals surface area contributed by atoms with Crippen molar-refractivity contribution in [2.75, 3.05) is 0 Å². The van der Waals surface area contributed by atoms with Gasteiger partial charge in [0.15, 0.2) is 0 Å². The van der Waals surface area contributed by atoms with Crippen molar-refractivity contribution in [2.24, 2.45) is 0 Å². The summed E-state index contributed by atoms with van der Waals surface area (Å²) in [6.07, 6.45) is -4.77. The van der Waals surface area contributed by atoms with Crippen LogP contribution in [0.4, 0.5) is 13.2 Å². The molecule has 0 saturated heterocycles. The molecule has 0 bridgehead atoms. The minimum atomic E-state index is -4.77. The molecular formula is C8H4F3NO4. The van der Waals surface area contributed by atoms with Gasteiger partial charge in [-0.05, 0) is 12.1 Å². The number of carbonyl (C=O) groups excluding carboxylic acids is 1. The smallest absolute Gasteiger partial charge is 0.263 e. The maximum atomic E-state index is 12.4. The lowest BCUT2D eigenvalue weighted by atomic mass is 10.1. The molecule has 86 valence electrons. The highest BCUT2D eigenvalue weighted by atomic mass is 19.4. The van der Waals surface area contributed by atoms with Gasteiger partial charge in [0.25, 0.3) is 0 Å². The quantitative estimate of drug-likeness (QED) is 0.581. The fourth-order valence-corrected chi connectivity index (χ4v) is 1.03. The first-order valence-electron chi connectivity index (χ1n) is 3.85. The average Bonchev–Trinajstić information content (AvgIpc) is 2.15. The van der Waals surface area contributed by atoms with E-state index in [2.05, 4.69) is 4.84 Å². The maximum absolute atomic E-state index is 12.4. The van der Waals surface area contributed by atoms with E-state index in [1.165, 1.54) is 0 Å². The van der Waals surface area contributed by atoms with Crippen LogP contribution in [-0.4, -0.2) is 11.1 Å². The first-order chi connectivity index (χ1) is 7.32. The summed E-state index contributed by atoms with van der Waals surface area (Å²) in [6, 6.07) is 3.64. The van der Waals surface area contributed by atoms with Crippen molar-refractivity contribution in [3.05, 3.63) is 45.5 Å². The third-order valence-electron chi connectivity index (χ3n) is 1.61. The number of carbonyl (C=O) groups is 1. The molecule has 0 unspecified atom stereocenters. The van der Waals surface area contributed by atoms with Crippen molar-refractivity contribution in [1.29, 1.82) is 0 Å². The second kappa shape index (κ2) is 4.17. The van der Waals surface area contributed by atoms with E-state index in [-0.39, 0.29) is 0 Å². The van der Waals surface area contributed by atoms with Gasteiger partial charge in [0.05, 0.1) is 11.1 Å². The molecular weight excluding hydrogens is 231 g/mol. The largest absolute Gasteiger partial charge is 0.417 e. The molecule has 0 amide bonds. The zero-order valence-corrected chi connectivity index (χ0v) is 7.52. The molecule has 0 spiro atoms. The lowest BCUT2D eigenvalue weighted by Crippen LogP contribution is -2.17. The van der Waals surface area contributed by atoms with Crippen molar-refractivity contribution in [3.8, 4) is 0 Å². The molecule has 0 saturated carbocycles. The predicted molar refractivity (Wildman–Crippen MR) is 43.9 cm³/mol.